The van der Waals surface area contributed by atoms with Crippen LogP contribution in [0, 0.1) is 0 Å². The van der Waals surface area contributed by atoms with E-state index in [1.165, 1.54) is 4.57 Å². The molecule has 16 heavy (non-hydrogen) atoms. The highest BCUT2D eigenvalue weighted by Gasteiger charge is 2.05. The number of nitrogens with one attached hydrogen (secondary N) is 1. The van der Waals surface area contributed by atoms with Crippen molar-refractivity contribution in [3.63, 3.8) is 0 Å². The van der Waals surface area contributed by atoms with E-state index >= 15 is 0 Å². The number of benzene rings is 1. The zero-order valence-corrected chi connectivity index (χ0v) is 9.19. The van der Waals surface area contributed by atoms with E-state index in [0.717, 1.165) is 24.2 Å². The molecule has 1 heterocycles. The van der Waals surface area contributed by atoms with Crippen LogP contribution in [0.5, 0.6) is 0 Å². The largest absolute Gasteiger partial charge is 0.419 e. The molecule has 0 unspecified atom stereocenters. The predicted octanol–water partition coefficient (Wildman–Crippen LogP) is 0.180. The summed E-state index contributed by atoms with van der Waals surface area (Å²) in [6, 6.07) is 5.70. The van der Waals surface area contributed by atoms with Crippen molar-refractivity contribution in [2.45, 2.75) is 6.54 Å². The summed E-state index contributed by atoms with van der Waals surface area (Å²) >= 11 is 0. The number of aryl methyl sites for hydroxylation is 1. The van der Waals surface area contributed by atoms with Gasteiger partial charge in [0.1, 0.15) is 0 Å². The molecule has 0 bridgehead atoms. The monoisotopic (exact) mass is 221 g/mol. The molecule has 0 amide bonds. The van der Waals surface area contributed by atoms with Gasteiger partial charge < -0.3 is 15.5 Å². The highest BCUT2D eigenvalue weighted by molar-refractivity contribution is 5.73. The van der Waals surface area contributed by atoms with Crippen LogP contribution in [-0.2, 0) is 13.6 Å². The molecule has 0 spiro atoms. The van der Waals surface area contributed by atoms with Crippen LogP contribution in [0.4, 0.5) is 0 Å². The van der Waals surface area contributed by atoms with Crippen LogP contribution in [0.3, 0.4) is 0 Å². The summed E-state index contributed by atoms with van der Waals surface area (Å²) in [5.41, 5.74) is 7.93. The molecule has 0 aliphatic heterocycles. The fourth-order valence-corrected chi connectivity index (χ4v) is 1.62. The Morgan fingerprint density at radius 1 is 1.50 bits per heavy atom. The highest BCUT2D eigenvalue weighted by Crippen LogP contribution is 2.13. The van der Waals surface area contributed by atoms with Gasteiger partial charge in [0.25, 0.3) is 0 Å². The van der Waals surface area contributed by atoms with Crippen LogP contribution in [0.2, 0.25) is 0 Å². The first kappa shape index (κ1) is 10.9. The van der Waals surface area contributed by atoms with Crippen molar-refractivity contribution in [1.29, 1.82) is 0 Å². The van der Waals surface area contributed by atoms with Crippen molar-refractivity contribution in [3.8, 4) is 0 Å². The van der Waals surface area contributed by atoms with Gasteiger partial charge in [0, 0.05) is 26.7 Å². The quantitative estimate of drug-likeness (QED) is 0.722. The number of hydrogen-bond donors (Lipinski definition) is 2. The third-order valence-electron chi connectivity index (χ3n) is 2.51. The van der Waals surface area contributed by atoms with Crippen molar-refractivity contribution >= 4 is 11.1 Å². The summed E-state index contributed by atoms with van der Waals surface area (Å²) in [5, 5.41) is 3.20. The lowest BCUT2D eigenvalue weighted by atomic mass is 10.2. The third-order valence-corrected chi connectivity index (χ3v) is 2.51. The predicted molar refractivity (Wildman–Crippen MR) is 62.2 cm³/mol. The second-order valence-corrected chi connectivity index (χ2v) is 3.69. The smallest absolute Gasteiger partial charge is 0.408 e. The Hall–Kier alpha value is -1.59. The van der Waals surface area contributed by atoms with E-state index in [1.54, 1.807) is 7.05 Å². The van der Waals surface area contributed by atoms with Crippen LogP contribution in [0.25, 0.3) is 11.1 Å². The van der Waals surface area contributed by atoms with E-state index in [2.05, 4.69) is 5.32 Å². The SMILES string of the molecule is Cn1c(=O)oc2ccc(CNCCN)cc21. The number of nitrogens with zero attached hydrogens (tertiary/aromatic N) is 1. The average Bonchev–Trinajstić information content (AvgIpc) is 2.56. The number of rotatable bonds is 4. The van der Waals surface area contributed by atoms with Crippen LogP contribution in [0.1, 0.15) is 5.56 Å². The van der Waals surface area contributed by atoms with Gasteiger partial charge in [-0.2, -0.15) is 0 Å². The van der Waals surface area contributed by atoms with E-state index in [0.29, 0.717) is 12.1 Å². The Balaban J connectivity index is 2.28. The van der Waals surface area contributed by atoms with Gasteiger partial charge >= 0.3 is 5.76 Å². The van der Waals surface area contributed by atoms with E-state index < -0.39 is 0 Å². The summed E-state index contributed by atoms with van der Waals surface area (Å²) in [6.07, 6.45) is 0. The maximum Gasteiger partial charge on any atom is 0.419 e. The molecule has 0 atom stereocenters. The normalized spacial score (nSPS) is 11.1. The van der Waals surface area contributed by atoms with Crippen molar-refractivity contribution in [2.24, 2.45) is 12.8 Å². The Morgan fingerprint density at radius 3 is 3.06 bits per heavy atom. The van der Waals surface area contributed by atoms with Crippen LogP contribution in [-0.4, -0.2) is 17.7 Å². The summed E-state index contributed by atoms with van der Waals surface area (Å²) in [5.74, 6) is -0.331. The van der Waals surface area contributed by atoms with Crippen molar-refractivity contribution in [1.82, 2.24) is 9.88 Å². The fourth-order valence-electron chi connectivity index (χ4n) is 1.62. The first-order valence-electron chi connectivity index (χ1n) is 5.21. The van der Waals surface area contributed by atoms with Crippen LogP contribution < -0.4 is 16.8 Å². The van der Waals surface area contributed by atoms with Gasteiger partial charge in [-0.25, -0.2) is 4.79 Å². The molecule has 0 saturated carbocycles. The zero-order valence-electron chi connectivity index (χ0n) is 9.19. The van der Waals surface area contributed by atoms with Gasteiger partial charge in [-0.05, 0) is 17.7 Å². The van der Waals surface area contributed by atoms with Gasteiger partial charge in [0.15, 0.2) is 5.58 Å². The number of fused-ring (bicyclic) bond motifs is 1. The van der Waals surface area contributed by atoms with Gasteiger partial charge in [0.2, 0.25) is 0 Å². The van der Waals surface area contributed by atoms with E-state index in [4.69, 9.17) is 10.2 Å². The van der Waals surface area contributed by atoms with E-state index in [1.807, 2.05) is 18.2 Å². The summed E-state index contributed by atoms with van der Waals surface area (Å²) < 4.78 is 6.55. The number of aromatic nitrogens is 1. The minimum absolute atomic E-state index is 0.331. The molecule has 3 N–H and O–H groups in total. The Kier molecular flexibility index (Phi) is 3.07. The molecule has 2 rings (SSSR count). The van der Waals surface area contributed by atoms with Gasteiger partial charge in [-0.15, -0.1) is 0 Å². The van der Waals surface area contributed by atoms with Gasteiger partial charge in [0.05, 0.1) is 5.52 Å². The highest BCUT2D eigenvalue weighted by atomic mass is 16.4. The lowest BCUT2D eigenvalue weighted by molar-refractivity contribution is 0.528. The molecule has 5 heteroatoms. The molecule has 0 saturated heterocycles. The second-order valence-electron chi connectivity index (χ2n) is 3.69. The van der Waals surface area contributed by atoms with Crippen molar-refractivity contribution in [2.75, 3.05) is 13.1 Å². The Bertz CT molecular complexity index is 542. The molecule has 0 aliphatic rings. The van der Waals surface area contributed by atoms with E-state index in [9.17, 15) is 4.79 Å². The minimum Gasteiger partial charge on any atom is -0.408 e. The third kappa shape index (κ3) is 2.00. The molecule has 1 aromatic heterocycles. The summed E-state index contributed by atoms with van der Waals surface area (Å²) in [7, 11) is 1.70. The zero-order chi connectivity index (χ0) is 11.5. The molecule has 1 aromatic carbocycles. The maximum absolute atomic E-state index is 11.3. The van der Waals surface area contributed by atoms with Crippen molar-refractivity contribution < 1.29 is 4.42 Å². The van der Waals surface area contributed by atoms with Gasteiger partial charge in [-0.3, -0.25) is 4.57 Å². The molecule has 0 fully saturated rings. The number of oxazole rings is 1. The minimum atomic E-state index is -0.331. The fraction of sp³-hybridized carbons (Fsp3) is 0.364. The molecular formula is C11H15N3O2. The van der Waals surface area contributed by atoms with Crippen LogP contribution in [0.15, 0.2) is 27.4 Å². The number of nitrogens with two attached hydrogens (primary N) is 1. The van der Waals surface area contributed by atoms with Crippen molar-refractivity contribution in [3.05, 3.63) is 34.3 Å². The topological polar surface area (TPSA) is 73.2 Å². The first-order valence-corrected chi connectivity index (χ1v) is 5.21. The Morgan fingerprint density at radius 2 is 2.31 bits per heavy atom. The first-order chi connectivity index (χ1) is 7.72. The summed E-state index contributed by atoms with van der Waals surface area (Å²) in [6.45, 7) is 2.14. The summed E-state index contributed by atoms with van der Waals surface area (Å²) in [4.78, 5) is 11.3. The molecule has 0 radical (unpaired) electrons. The molecule has 86 valence electrons. The maximum atomic E-state index is 11.3. The molecule has 0 aliphatic carbocycles. The lowest BCUT2D eigenvalue weighted by Crippen LogP contribution is -2.21. The molecule has 2 aromatic rings. The standard InChI is InChI=1S/C11H15N3O2/c1-14-9-6-8(7-13-5-4-12)2-3-10(9)16-11(14)15/h2-3,6,13H,4-5,7,12H2,1H3. The lowest BCUT2D eigenvalue weighted by Gasteiger charge is -2.03. The molecular weight excluding hydrogens is 206 g/mol. The van der Waals surface area contributed by atoms with Crippen LogP contribution >= 0.6 is 0 Å². The van der Waals surface area contributed by atoms with E-state index in [-0.39, 0.29) is 5.76 Å². The van der Waals surface area contributed by atoms with Gasteiger partial charge in [-0.1, -0.05) is 6.07 Å². The Labute approximate surface area is 92.8 Å². The number of hydrogen-bond acceptors (Lipinski definition) is 4. The molecule has 5 nitrogen and oxygen atoms in total. The average molecular weight is 221 g/mol. The second kappa shape index (κ2) is 4.51.